The van der Waals surface area contributed by atoms with E-state index in [1.807, 2.05) is 19.2 Å². The molecule has 3 heteroatoms. The average Bonchev–Trinajstić information content (AvgIpc) is 3.02. The van der Waals surface area contributed by atoms with Gasteiger partial charge in [-0.3, -0.25) is 0 Å². The van der Waals surface area contributed by atoms with Crippen LogP contribution in [0.2, 0.25) is 0 Å². The summed E-state index contributed by atoms with van der Waals surface area (Å²) in [6.07, 6.45) is 3.65. The first-order chi connectivity index (χ1) is 7.19. The first kappa shape index (κ1) is 11.0. The monoisotopic (exact) mass is 269 g/mol. The van der Waals surface area contributed by atoms with Crippen LogP contribution >= 0.6 is 15.9 Å². The minimum Gasteiger partial charge on any atom is -0.497 e. The van der Waals surface area contributed by atoms with Crippen LogP contribution in [0.5, 0.6) is 5.75 Å². The van der Waals surface area contributed by atoms with Gasteiger partial charge in [0.1, 0.15) is 5.75 Å². The largest absolute Gasteiger partial charge is 0.497 e. The van der Waals surface area contributed by atoms with Crippen LogP contribution < -0.4 is 10.1 Å². The van der Waals surface area contributed by atoms with Crippen molar-refractivity contribution >= 4 is 15.9 Å². The maximum Gasteiger partial charge on any atom is 0.120 e. The lowest BCUT2D eigenvalue weighted by Crippen LogP contribution is -2.29. The Morgan fingerprint density at radius 2 is 2.20 bits per heavy atom. The van der Waals surface area contributed by atoms with Gasteiger partial charge in [0.15, 0.2) is 0 Å². The lowest BCUT2D eigenvalue weighted by atomic mass is 10.0. The van der Waals surface area contributed by atoms with Gasteiger partial charge in [0, 0.05) is 10.0 Å². The van der Waals surface area contributed by atoms with E-state index in [0.29, 0.717) is 5.54 Å². The molecule has 2 nitrogen and oxygen atoms in total. The fourth-order valence-electron chi connectivity index (χ4n) is 1.83. The van der Waals surface area contributed by atoms with Crippen molar-refractivity contribution in [1.82, 2.24) is 5.32 Å². The molecule has 1 saturated carbocycles. The highest BCUT2D eigenvalue weighted by Crippen LogP contribution is 2.39. The Morgan fingerprint density at radius 3 is 2.67 bits per heavy atom. The SMILES string of the molecule is CNC1(Cc2ccc(OC)cc2Br)CC1. The Morgan fingerprint density at radius 1 is 1.47 bits per heavy atom. The van der Waals surface area contributed by atoms with Crippen LogP contribution in [0.15, 0.2) is 22.7 Å². The third-order valence-electron chi connectivity index (χ3n) is 3.17. The Hall–Kier alpha value is -0.540. The number of nitrogens with one attached hydrogen (secondary N) is 1. The summed E-state index contributed by atoms with van der Waals surface area (Å²) >= 11 is 3.59. The van der Waals surface area contributed by atoms with E-state index in [-0.39, 0.29) is 0 Å². The average molecular weight is 270 g/mol. The van der Waals surface area contributed by atoms with Gasteiger partial charge < -0.3 is 10.1 Å². The maximum absolute atomic E-state index is 5.18. The minimum atomic E-state index is 0.358. The first-order valence-corrected chi connectivity index (χ1v) is 6.00. The lowest BCUT2D eigenvalue weighted by molar-refractivity contribution is 0.414. The quantitative estimate of drug-likeness (QED) is 0.908. The van der Waals surface area contributed by atoms with E-state index in [4.69, 9.17) is 4.74 Å². The molecule has 0 amide bonds. The Bertz CT molecular complexity index is 361. The molecule has 0 aromatic heterocycles. The molecule has 1 fully saturated rings. The van der Waals surface area contributed by atoms with Crippen LogP contribution in [-0.2, 0) is 6.42 Å². The van der Waals surface area contributed by atoms with Crippen molar-refractivity contribution in [2.24, 2.45) is 0 Å². The molecule has 0 radical (unpaired) electrons. The summed E-state index contributed by atoms with van der Waals surface area (Å²) < 4.78 is 6.32. The molecule has 1 aliphatic carbocycles. The van der Waals surface area contributed by atoms with Gasteiger partial charge in [0.2, 0.25) is 0 Å². The molecule has 2 rings (SSSR count). The summed E-state index contributed by atoms with van der Waals surface area (Å²) in [5.74, 6) is 0.903. The summed E-state index contributed by atoms with van der Waals surface area (Å²) in [4.78, 5) is 0. The molecule has 0 bridgehead atoms. The van der Waals surface area contributed by atoms with Crippen molar-refractivity contribution in [1.29, 1.82) is 0 Å². The van der Waals surface area contributed by atoms with Crippen LogP contribution in [-0.4, -0.2) is 19.7 Å². The minimum absolute atomic E-state index is 0.358. The van der Waals surface area contributed by atoms with Crippen molar-refractivity contribution in [3.8, 4) is 5.75 Å². The van der Waals surface area contributed by atoms with Crippen molar-refractivity contribution < 1.29 is 4.74 Å². The molecule has 1 aromatic rings. The number of rotatable bonds is 4. The summed E-state index contributed by atoms with van der Waals surface area (Å²) in [5, 5.41) is 3.40. The number of benzene rings is 1. The van der Waals surface area contributed by atoms with Gasteiger partial charge in [-0.15, -0.1) is 0 Å². The highest BCUT2D eigenvalue weighted by molar-refractivity contribution is 9.10. The Balaban J connectivity index is 2.15. The molecule has 0 saturated heterocycles. The van der Waals surface area contributed by atoms with Gasteiger partial charge in [0.25, 0.3) is 0 Å². The summed E-state index contributed by atoms with van der Waals surface area (Å²) in [7, 11) is 3.74. The molecule has 1 aliphatic rings. The molecule has 1 N–H and O–H groups in total. The molecule has 82 valence electrons. The smallest absolute Gasteiger partial charge is 0.120 e. The number of likely N-dealkylation sites (N-methyl/N-ethyl adjacent to an activating group) is 1. The molecule has 0 heterocycles. The predicted molar refractivity (Wildman–Crippen MR) is 65.4 cm³/mol. The third-order valence-corrected chi connectivity index (χ3v) is 3.91. The number of methoxy groups -OCH3 is 1. The van der Waals surface area contributed by atoms with Gasteiger partial charge >= 0.3 is 0 Å². The third kappa shape index (κ3) is 2.34. The molecule has 0 unspecified atom stereocenters. The van der Waals surface area contributed by atoms with Gasteiger partial charge in [-0.25, -0.2) is 0 Å². The van der Waals surface area contributed by atoms with E-state index in [0.717, 1.165) is 16.6 Å². The zero-order chi connectivity index (χ0) is 10.9. The van der Waals surface area contributed by atoms with Crippen molar-refractivity contribution in [2.75, 3.05) is 14.2 Å². The van der Waals surface area contributed by atoms with Crippen molar-refractivity contribution in [3.63, 3.8) is 0 Å². The van der Waals surface area contributed by atoms with Gasteiger partial charge in [-0.1, -0.05) is 22.0 Å². The van der Waals surface area contributed by atoms with Gasteiger partial charge in [-0.2, -0.15) is 0 Å². The van der Waals surface area contributed by atoms with E-state index in [1.54, 1.807) is 7.11 Å². The van der Waals surface area contributed by atoms with E-state index in [9.17, 15) is 0 Å². The highest BCUT2D eigenvalue weighted by atomic mass is 79.9. The maximum atomic E-state index is 5.18. The molecule has 1 aromatic carbocycles. The standard InChI is InChI=1S/C12H16BrNO/c1-14-12(5-6-12)8-9-3-4-10(15-2)7-11(9)13/h3-4,7,14H,5-6,8H2,1-2H3. The number of hydrogen-bond acceptors (Lipinski definition) is 2. The Labute approximate surface area is 99.1 Å². The van der Waals surface area contributed by atoms with E-state index in [1.165, 1.54) is 18.4 Å². The summed E-state index contributed by atoms with van der Waals surface area (Å²) in [6.45, 7) is 0. The second-order valence-corrected chi connectivity index (χ2v) is 5.02. The first-order valence-electron chi connectivity index (χ1n) is 5.20. The number of halogens is 1. The van der Waals surface area contributed by atoms with E-state index in [2.05, 4.69) is 27.3 Å². The van der Waals surface area contributed by atoms with E-state index < -0.39 is 0 Å². The molecule has 0 atom stereocenters. The molecule has 15 heavy (non-hydrogen) atoms. The highest BCUT2D eigenvalue weighted by Gasteiger charge is 2.41. The zero-order valence-corrected chi connectivity index (χ0v) is 10.7. The van der Waals surface area contributed by atoms with Gasteiger partial charge in [-0.05, 0) is 44.0 Å². The zero-order valence-electron chi connectivity index (χ0n) is 9.14. The van der Waals surface area contributed by atoms with Crippen LogP contribution in [0.4, 0.5) is 0 Å². The molecular formula is C12H16BrNO. The van der Waals surface area contributed by atoms with Crippen LogP contribution in [0.25, 0.3) is 0 Å². The van der Waals surface area contributed by atoms with Crippen LogP contribution in [0.1, 0.15) is 18.4 Å². The second kappa shape index (κ2) is 4.14. The number of ether oxygens (including phenoxy) is 1. The van der Waals surface area contributed by atoms with Crippen molar-refractivity contribution in [3.05, 3.63) is 28.2 Å². The summed E-state index contributed by atoms with van der Waals surface area (Å²) in [5.41, 5.74) is 1.71. The normalized spacial score (nSPS) is 17.5. The Kier molecular flexibility index (Phi) is 3.03. The number of hydrogen-bond donors (Lipinski definition) is 1. The van der Waals surface area contributed by atoms with Crippen LogP contribution in [0.3, 0.4) is 0 Å². The molecule has 0 aliphatic heterocycles. The lowest BCUT2D eigenvalue weighted by Gasteiger charge is -2.15. The fraction of sp³-hybridized carbons (Fsp3) is 0.500. The van der Waals surface area contributed by atoms with E-state index >= 15 is 0 Å². The molecule has 0 spiro atoms. The predicted octanol–water partition coefficient (Wildman–Crippen LogP) is 2.75. The summed E-state index contributed by atoms with van der Waals surface area (Å²) in [6, 6.07) is 6.19. The fourth-order valence-corrected chi connectivity index (χ4v) is 2.33. The molecular weight excluding hydrogens is 254 g/mol. The second-order valence-electron chi connectivity index (χ2n) is 4.16. The van der Waals surface area contributed by atoms with Crippen molar-refractivity contribution in [2.45, 2.75) is 24.8 Å². The topological polar surface area (TPSA) is 21.3 Å². The van der Waals surface area contributed by atoms with Crippen LogP contribution in [0, 0.1) is 0 Å². The van der Waals surface area contributed by atoms with Gasteiger partial charge in [0.05, 0.1) is 7.11 Å².